The molecule has 1 aromatic carbocycles. The Morgan fingerprint density at radius 1 is 1.20 bits per heavy atom. The first-order valence-corrected chi connectivity index (χ1v) is 6.90. The highest BCUT2D eigenvalue weighted by Gasteiger charge is 2.02. The zero-order valence-electron chi connectivity index (χ0n) is 10.4. The van der Waals surface area contributed by atoms with E-state index >= 15 is 0 Å². The van der Waals surface area contributed by atoms with Gasteiger partial charge in [0, 0.05) is 18.1 Å². The fourth-order valence-electron chi connectivity index (χ4n) is 1.44. The molecule has 7 nitrogen and oxygen atoms in total. The smallest absolute Gasteiger partial charge is 0.333 e. The predicted molar refractivity (Wildman–Crippen MR) is 75.4 cm³/mol. The fraction of sp³-hybridized carbons (Fsp3) is 0.182. The third-order valence-electron chi connectivity index (χ3n) is 2.24. The van der Waals surface area contributed by atoms with E-state index in [-0.39, 0.29) is 25.6 Å². The van der Waals surface area contributed by atoms with E-state index in [1.807, 2.05) is 22.9 Å². The van der Waals surface area contributed by atoms with Crippen LogP contribution in [0.25, 0.3) is 5.69 Å². The summed E-state index contributed by atoms with van der Waals surface area (Å²) in [6.45, 7) is -0.0248. The van der Waals surface area contributed by atoms with Crippen molar-refractivity contribution in [2.45, 2.75) is 0 Å². The second-order valence-electron chi connectivity index (χ2n) is 3.63. The van der Waals surface area contributed by atoms with Crippen molar-refractivity contribution in [2.24, 2.45) is 5.14 Å². The number of nitrogens with zero attached hydrogens (tertiary/aromatic N) is 2. The van der Waals surface area contributed by atoms with Crippen LogP contribution in [0.5, 0.6) is 5.75 Å². The Kier molecular flexibility index (Phi) is 5.96. The Hall–Kier alpha value is -1.61. The number of rotatable bonds is 6. The molecule has 2 N–H and O–H groups in total. The van der Waals surface area contributed by atoms with Gasteiger partial charge in [-0.05, 0) is 24.3 Å². The molecule has 0 unspecified atom stereocenters. The summed E-state index contributed by atoms with van der Waals surface area (Å²) in [4.78, 5) is 3.95. The van der Waals surface area contributed by atoms with Crippen LogP contribution in [0.15, 0.2) is 43.0 Å². The van der Waals surface area contributed by atoms with Crippen molar-refractivity contribution in [3.8, 4) is 11.4 Å². The molecule has 0 fully saturated rings. The number of benzene rings is 1. The molecule has 0 spiro atoms. The highest BCUT2D eigenvalue weighted by molar-refractivity contribution is 7.84. The van der Waals surface area contributed by atoms with Gasteiger partial charge in [-0.15, -0.1) is 12.4 Å². The first-order chi connectivity index (χ1) is 9.04. The summed E-state index contributed by atoms with van der Waals surface area (Å²) in [5.41, 5.74) is 0.950. The van der Waals surface area contributed by atoms with Gasteiger partial charge in [0.2, 0.25) is 0 Å². The van der Waals surface area contributed by atoms with Gasteiger partial charge in [0.15, 0.2) is 0 Å². The van der Waals surface area contributed by atoms with Gasteiger partial charge in [0.25, 0.3) is 0 Å². The molecule has 20 heavy (non-hydrogen) atoms. The van der Waals surface area contributed by atoms with Crippen molar-refractivity contribution < 1.29 is 17.3 Å². The Morgan fingerprint density at radius 3 is 2.45 bits per heavy atom. The molecule has 1 aromatic heterocycles. The van der Waals surface area contributed by atoms with Crippen molar-refractivity contribution in [1.82, 2.24) is 9.55 Å². The zero-order chi connectivity index (χ0) is 13.7. The maximum Gasteiger partial charge on any atom is 0.333 e. The number of hydrogen-bond donors (Lipinski definition) is 1. The van der Waals surface area contributed by atoms with Gasteiger partial charge in [-0.3, -0.25) is 4.18 Å². The molecule has 0 saturated carbocycles. The second kappa shape index (κ2) is 7.25. The molecule has 1 heterocycles. The lowest BCUT2D eigenvalue weighted by molar-refractivity contribution is 0.221. The van der Waals surface area contributed by atoms with Crippen molar-refractivity contribution in [1.29, 1.82) is 0 Å². The van der Waals surface area contributed by atoms with Crippen LogP contribution >= 0.6 is 12.4 Å². The number of nitrogens with two attached hydrogens (primary N) is 1. The third kappa shape index (κ3) is 5.17. The van der Waals surface area contributed by atoms with Gasteiger partial charge in [-0.2, -0.15) is 8.42 Å². The van der Waals surface area contributed by atoms with E-state index in [2.05, 4.69) is 14.3 Å². The minimum absolute atomic E-state index is 0. The molecule has 0 aliphatic carbocycles. The molecule has 2 aromatic rings. The molecule has 0 atom stereocenters. The lowest BCUT2D eigenvalue weighted by atomic mass is 10.3. The molecule has 0 bridgehead atoms. The van der Waals surface area contributed by atoms with E-state index in [0.29, 0.717) is 5.75 Å². The Morgan fingerprint density at radius 2 is 1.90 bits per heavy atom. The minimum atomic E-state index is -3.91. The molecule has 2 rings (SSSR count). The van der Waals surface area contributed by atoms with Crippen LogP contribution in [-0.2, 0) is 14.5 Å². The van der Waals surface area contributed by atoms with E-state index in [1.54, 1.807) is 24.7 Å². The summed E-state index contributed by atoms with van der Waals surface area (Å²) in [6.07, 6.45) is 5.21. The summed E-state index contributed by atoms with van der Waals surface area (Å²) in [7, 11) is -3.91. The standard InChI is InChI=1S/C11H13N3O4S.ClH/c12-19(15,16)18-8-7-17-11-3-1-10(2-4-11)14-6-5-13-9-14;/h1-6,9H,7-8H2,(H2,12,15,16);1H. The topological polar surface area (TPSA) is 96.4 Å². The van der Waals surface area contributed by atoms with E-state index in [4.69, 9.17) is 4.74 Å². The average molecular weight is 320 g/mol. The van der Waals surface area contributed by atoms with Crippen LogP contribution in [0.3, 0.4) is 0 Å². The van der Waals surface area contributed by atoms with E-state index in [1.165, 1.54) is 0 Å². The normalized spacial score (nSPS) is 10.8. The Balaban J connectivity index is 0.00000200. The molecular weight excluding hydrogens is 306 g/mol. The maximum absolute atomic E-state index is 10.5. The van der Waals surface area contributed by atoms with Crippen molar-refractivity contribution in [3.63, 3.8) is 0 Å². The fourth-order valence-corrected chi connectivity index (χ4v) is 1.74. The first kappa shape index (κ1) is 16.4. The average Bonchev–Trinajstić information content (AvgIpc) is 2.88. The van der Waals surface area contributed by atoms with Gasteiger partial charge in [-0.25, -0.2) is 10.1 Å². The maximum atomic E-state index is 10.5. The first-order valence-electron chi connectivity index (χ1n) is 5.43. The van der Waals surface area contributed by atoms with E-state index < -0.39 is 10.3 Å². The van der Waals surface area contributed by atoms with Gasteiger partial charge in [0.1, 0.15) is 19.0 Å². The van der Waals surface area contributed by atoms with Crippen LogP contribution < -0.4 is 9.88 Å². The number of ether oxygens (including phenoxy) is 1. The molecule has 0 radical (unpaired) electrons. The van der Waals surface area contributed by atoms with E-state index in [9.17, 15) is 8.42 Å². The molecule has 0 aliphatic heterocycles. The summed E-state index contributed by atoms with van der Waals surface area (Å²) >= 11 is 0. The molecule has 0 amide bonds. The van der Waals surface area contributed by atoms with Crippen LogP contribution in [0.1, 0.15) is 0 Å². The van der Waals surface area contributed by atoms with E-state index in [0.717, 1.165) is 5.69 Å². The summed E-state index contributed by atoms with van der Waals surface area (Å²) < 4.78 is 32.5. The zero-order valence-corrected chi connectivity index (χ0v) is 12.0. The van der Waals surface area contributed by atoms with Crippen LogP contribution in [0.2, 0.25) is 0 Å². The van der Waals surface area contributed by atoms with Crippen LogP contribution in [-0.4, -0.2) is 31.2 Å². The number of imidazole rings is 1. The number of hydrogen-bond acceptors (Lipinski definition) is 5. The molecular formula is C11H14ClN3O4S. The minimum Gasteiger partial charge on any atom is -0.491 e. The highest BCUT2D eigenvalue weighted by atomic mass is 35.5. The molecule has 0 saturated heterocycles. The van der Waals surface area contributed by atoms with Crippen molar-refractivity contribution in [2.75, 3.05) is 13.2 Å². The van der Waals surface area contributed by atoms with Crippen molar-refractivity contribution in [3.05, 3.63) is 43.0 Å². The van der Waals surface area contributed by atoms with Crippen LogP contribution in [0, 0.1) is 0 Å². The number of halogens is 1. The largest absolute Gasteiger partial charge is 0.491 e. The molecule has 110 valence electrons. The Labute approximate surface area is 123 Å². The molecule has 9 heteroatoms. The second-order valence-corrected chi connectivity index (χ2v) is 4.85. The summed E-state index contributed by atoms with van der Waals surface area (Å²) in [5.74, 6) is 0.613. The monoisotopic (exact) mass is 319 g/mol. The lowest BCUT2D eigenvalue weighted by Gasteiger charge is -2.07. The highest BCUT2D eigenvalue weighted by Crippen LogP contribution is 2.14. The van der Waals surface area contributed by atoms with Gasteiger partial charge in [0.05, 0.1) is 6.33 Å². The van der Waals surface area contributed by atoms with Crippen LogP contribution in [0.4, 0.5) is 0 Å². The number of aromatic nitrogens is 2. The SMILES string of the molecule is Cl.NS(=O)(=O)OCCOc1ccc(-n2ccnc2)cc1. The van der Waals surface area contributed by atoms with Gasteiger partial charge < -0.3 is 9.30 Å². The van der Waals surface area contributed by atoms with Gasteiger partial charge >= 0.3 is 10.3 Å². The molecule has 0 aliphatic rings. The van der Waals surface area contributed by atoms with Crippen molar-refractivity contribution >= 4 is 22.7 Å². The van der Waals surface area contributed by atoms with Gasteiger partial charge in [-0.1, -0.05) is 0 Å². The quantitative estimate of drug-likeness (QED) is 0.798. The third-order valence-corrected chi connectivity index (χ3v) is 2.73. The summed E-state index contributed by atoms with van der Waals surface area (Å²) in [5, 5.41) is 4.67. The Bertz CT molecular complexity index is 614. The summed E-state index contributed by atoms with van der Waals surface area (Å²) in [6, 6.07) is 7.26. The lowest BCUT2D eigenvalue weighted by Crippen LogP contribution is -2.19. The predicted octanol–water partition coefficient (Wildman–Crippen LogP) is 0.893.